The van der Waals surface area contributed by atoms with Gasteiger partial charge in [-0.15, -0.1) is 0 Å². The van der Waals surface area contributed by atoms with Gasteiger partial charge < -0.3 is 9.64 Å². The molecule has 0 amide bonds. The third-order valence-corrected chi connectivity index (χ3v) is 2.26. The number of hydrogen-bond acceptors (Lipinski definition) is 4. The van der Waals surface area contributed by atoms with E-state index in [2.05, 4.69) is 4.99 Å². The first kappa shape index (κ1) is 12.5. The predicted molar refractivity (Wildman–Crippen MR) is 64.0 cm³/mol. The molecule has 1 heterocycles. The highest BCUT2D eigenvalue weighted by molar-refractivity contribution is 5.95. The van der Waals surface area contributed by atoms with E-state index in [1.54, 1.807) is 6.92 Å². The molecule has 0 aromatic rings. The maximum Gasteiger partial charge on any atom is 0.334 e. The van der Waals surface area contributed by atoms with Gasteiger partial charge in [0.15, 0.2) is 0 Å². The standard InChI is InChI=1S/C12H18N2O2/c1-5-14-10(4)7-9(3)13-11(14)8-12(15)16-6-2/h7-8H,5-6H2,1-4H3/b11-8-. The van der Waals surface area contributed by atoms with Gasteiger partial charge in [0.2, 0.25) is 0 Å². The molecule has 4 nitrogen and oxygen atoms in total. The minimum Gasteiger partial charge on any atom is -0.463 e. The van der Waals surface area contributed by atoms with Gasteiger partial charge in [-0.3, -0.25) is 0 Å². The zero-order valence-electron chi connectivity index (χ0n) is 10.3. The van der Waals surface area contributed by atoms with Crippen LogP contribution in [0.25, 0.3) is 0 Å². The van der Waals surface area contributed by atoms with Crippen molar-refractivity contribution in [3.8, 4) is 0 Å². The summed E-state index contributed by atoms with van der Waals surface area (Å²) >= 11 is 0. The Hall–Kier alpha value is -1.58. The summed E-state index contributed by atoms with van der Waals surface area (Å²) in [4.78, 5) is 17.7. The van der Waals surface area contributed by atoms with Gasteiger partial charge in [-0.05, 0) is 33.8 Å². The second-order valence-electron chi connectivity index (χ2n) is 3.54. The summed E-state index contributed by atoms with van der Waals surface area (Å²) in [5.74, 6) is 0.306. The van der Waals surface area contributed by atoms with Crippen molar-refractivity contribution in [1.82, 2.24) is 4.90 Å². The molecule has 0 saturated carbocycles. The lowest BCUT2D eigenvalue weighted by Gasteiger charge is -2.27. The zero-order valence-corrected chi connectivity index (χ0v) is 10.3. The summed E-state index contributed by atoms with van der Waals surface area (Å²) in [5.41, 5.74) is 1.99. The van der Waals surface area contributed by atoms with E-state index in [0.717, 1.165) is 18.0 Å². The first-order chi connectivity index (χ1) is 7.58. The van der Waals surface area contributed by atoms with Crippen LogP contribution in [-0.2, 0) is 9.53 Å². The number of aliphatic imine (C=N–C) groups is 1. The molecule has 0 aliphatic carbocycles. The first-order valence-corrected chi connectivity index (χ1v) is 5.48. The van der Waals surface area contributed by atoms with E-state index in [-0.39, 0.29) is 5.97 Å². The molecule has 0 saturated heterocycles. The molecule has 0 fully saturated rings. The van der Waals surface area contributed by atoms with Crippen LogP contribution in [0.15, 0.2) is 28.7 Å². The largest absolute Gasteiger partial charge is 0.463 e. The van der Waals surface area contributed by atoms with E-state index < -0.39 is 0 Å². The average Bonchev–Trinajstić information content (AvgIpc) is 2.17. The summed E-state index contributed by atoms with van der Waals surface area (Å²) in [6.45, 7) is 8.88. The van der Waals surface area contributed by atoms with E-state index in [1.165, 1.54) is 6.08 Å². The zero-order chi connectivity index (χ0) is 12.1. The van der Waals surface area contributed by atoms with Crippen LogP contribution in [0.4, 0.5) is 0 Å². The van der Waals surface area contributed by atoms with Crippen LogP contribution in [0.5, 0.6) is 0 Å². The molecule has 88 valence electrons. The Kier molecular flexibility index (Phi) is 4.28. The van der Waals surface area contributed by atoms with Gasteiger partial charge in [0.1, 0.15) is 5.82 Å². The van der Waals surface area contributed by atoms with Gasteiger partial charge in [-0.25, -0.2) is 9.79 Å². The summed E-state index contributed by atoms with van der Waals surface area (Å²) < 4.78 is 4.88. The number of ether oxygens (including phenoxy) is 1. The molecule has 0 N–H and O–H groups in total. The molecule has 0 aromatic carbocycles. The molecule has 1 rings (SSSR count). The van der Waals surface area contributed by atoms with Crippen molar-refractivity contribution < 1.29 is 9.53 Å². The van der Waals surface area contributed by atoms with Gasteiger partial charge in [-0.2, -0.15) is 0 Å². The summed E-state index contributed by atoms with van der Waals surface area (Å²) in [5, 5.41) is 0. The Bertz CT molecular complexity index is 367. The van der Waals surface area contributed by atoms with E-state index >= 15 is 0 Å². The minimum absolute atomic E-state index is 0.345. The SMILES string of the molecule is CCOC(=O)/C=C1/N=C(C)C=C(C)N1CC. The van der Waals surface area contributed by atoms with Crippen LogP contribution in [-0.4, -0.2) is 29.7 Å². The molecule has 4 heteroatoms. The molecule has 1 aliphatic rings. The van der Waals surface area contributed by atoms with Crippen LogP contribution < -0.4 is 0 Å². The van der Waals surface area contributed by atoms with Gasteiger partial charge in [0.25, 0.3) is 0 Å². The van der Waals surface area contributed by atoms with Gasteiger partial charge in [0.05, 0.1) is 12.7 Å². The number of esters is 1. The topological polar surface area (TPSA) is 41.9 Å². The molecule has 0 spiro atoms. The quantitative estimate of drug-likeness (QED) is 0.542. The highest BCUT2D eigenvalue weighted by Gasteiger charge is 2.15. The lowest BCUT2D eigenvalue weighted by molar-refractivity contribution is -0.137. The third kappa shape index (κ3) is 2.95. The van der Waals surface area contributed by atoms with Crippen LogP contribution >= 0.6 is 0 Å². The van der Waals surface area contributed by atoms with Crippen molar-refractivity contribution in [3.63, 3.8) is 0 Å². The molecule has 0 unspecified atom stereocenters. The van der Waals surface area contributed by atoms with Gasteiger partial charge in [0, 0.05) is 18.0 Å². The smallest absolute Gasteiger partial charge is 0.334 e. The number of carbonyl (C=O) groups excluding carboxylic acids is 1. The monoisotopic (exact) mass is 222 g/mol. The van der Waals surface area contributed by atoms with Crippen molar-refractivity contribution in [1.29, 1.82) is 0 Å². The van der Waals surface area contributed by atoms with Crippen molar-refractivity contribution in [2.75, 3.05) is 13.2 Å². The highest BCUT2D eigenvalue weighted by atomic mass is 16.5. The lowest BCUT2D eigenvalue weighted by Crippen LogP contribution is -2.24. The molecular formula is C12H18N2O2. The summed E-state index contributed by atoms with van der Waals surface area (Å²) in [6.07, 6.45) is 3.43. The normalized spacial score (nSPS) is 18.2. The molecule has 0 atom stereocenters. The van der Waals surface area contributed by atoms with Gasteiger partial charge in [-0.1, -0.05) is 0 Å². The number of nitrogens with zero attached hydrogens (tertiary/aromatic N) is 2. The fraction of sp³-hybridized carbons (Fsp3) is 0.500. The fourth-order valence-corrected chi connectivity index (χ4v) is 1.65. The Morgan fingerprint density at radius 3 is 2.75 bits per heavy atom. The maximum absolute atomic E-state index is 11.4. The van der Waals surface area contributed by atoms with Crippen LogP contribution in [0, 0.1) is 0 Å². The van der Waals surface area contributed by atoms with E-state index in [9.17, 15) is 4.79 Å². The van der Waals surface area contributed by atoms with E-state index in [4.69, 9.17) is 4.74 Å². The van der Waals surface area contributed by atoms with Crippen molar-refractivity contribution >= 4 is 11.7 Å². The summed E-state index contributed by atoms with van der Waals surface area (Å²) in [6, 6.07) is 0. The highest BCUT2D eigenvalue weighted by Crippen LogP contribution is 2.18. The minimum atomic E-state index is -0.345. The molecule has 16 heavy (non-hydrogen) atoms. The van der Waals surface area contributed by atoms with Crippen molar-refractivity contribution in [2.24, 2.45) is 4.99 Å². The predicted octanol–water partition coefficient (Wildman–Crippen LogP) is 2.09. The van der Waals surface area contributed by atoms with Crippen LogP contribution in [0.1, 0.15) is 27.7 Å². The van der Waals surface area contributed by atoms with E-state index in [1.807, 2.05) is 31.7 Å². The van der Waals surface area contributed by atoms with Gasteiger partial charge >= 0.3 is 5.97 Å². The summed E-state index contributed by atoms with van der Waals surface area (Å²) in [7, 11) is 0. The lowest BCUT2D eigenvalue weighted by atomic mass is 10.2. The number of carbonyl (C=O) groups is 1. The Balaban J connectivity index is 2.94. The maximum atomic E-state index is 11.4. The van der Waals surface area contributed by atoms with Crippen LogP contribution in [0.2, 0.25) is 0 Å². The molecule has 0 radical (unpaired) electrons. The number of rotatable bonds is 3. The number of hydrogen-bond donors (Lipinski definition) is 0. The Morgan fingerprint density at radius 1 is 1.50 bits per heavy atom. The Morgan fingerprint density at radius 2 is 2.19 bits per heavy atom. The molecular weight excluding hydrogens is 204 g/mol. The third-order valence-electron chi connectivity index (χ3n) is 2.26. The fourth-order valence-electron chi connectivity index (χ4n) is 1.65. The molecule has 0 aromatic heterocycles. The first-order valence-electron chi connectivity index (χ1n) is 5.48. The van der Waals surface area contributed by atoms with E-state index in [0.29, 0.717) is 12.4 Å². The second-order valence-corrected chi connectivity index (χ2v) is 3.54. The van der Waals surface area contributed by atoms with Crippen molar-refractivity contribution in [2.45, 2.75) is 27.7 Å². The Labute approximate surface area is 96.3 Å². The second kappa shape index (κ2) is 5.49. The number of allylic oxidation sites excluding steroid dienone is 2. The van der Waals surface area contributed by atoms with Crippen molar-refractivity contribution in [3.05, 3.63) is 23.7 Å². The average molecular weight is 222 g/mol. The van der Waals surface area contributed by atoms with Crippen LogP contribution in [0.3, 0.4) is 0 Å². The molecule has 0 bridgehead atoms. The molecule has 1 aliphatic heterocycles.